The molecule has 1 heterocycles. The van der Waals surface area contributed by atoms with Crippen molar-refractivity contribution < 1.29 is 23.9 Å². The van der Waals surface area contributed by atoms with Crippen molar-refractivity contribution in [1.29, 1.82) is 0 Å². The van der Waals surface area contributed by atoms with Gasteiger partial charge in [-0.2, -0.15) is 0 Å². The van der Waals surface area contributed by atoms with Crippen LogP contribution in [0.25, 0.3) is 0 Å². The van der Waals surface area contributed by atoms with E-state index < -0.39 is 18.0 Å². The van der Waals surface area contributed by atoms with E-state index in [0.717, 1.165) is 49.7 Å². The number of piperidine rings is 1. The average Bonchev–Trinajstić information content (AvgIpc) is 2.87. The molecule has 3 amide bonds. The highest BCUT2D eigenvalue weighted by Crippen LogP contribution is 2.42. The fourth-order valence-electron chi connectivity index (χ4n) is 5.73. The molecule has 1 aromatic carbocycles. The molecule has 1 aliphatic carbocycles. The second-order valence-corrected chi connectivity index (χ2v) is 9.86. The minimum absolute atomic E-state index is 0.0181. The number of hydrogen-bond donors (Lipinski definition) is 2. The first kappa shape index (κ1) is 26.8. The first-order valence-corrected chi connectivity index (χ1v) is 12.9. The molecular weight excluding hydrogens is 446 g/mol. The molecule has 3 atom stereocenters. The number of rotatable bonds is 9. The van der Waals surface area contributed by atoms with Crippen molar-refractivity contribution in [3.05, 3.63) is 23.3 Å². The van der Waals surface area contributed by atoms with Crippen molar-refractivity contribution in [2.45, 2.75) is 89.6 Å². The Hall–Kier alpha value is -2.77. The summed E-state index contributed by atoms with van der Waals surface area (Å²) in [6, 6.07) is 2.61. The quantitative estimate of drug-likeness (QED) is 0.554. The molecule has 1 aliphatic heterocycles. The van der Waals surface area contributed by atoms with Gasteiger partial charge < -0.3 is 25.4 Å². The molecule has 1 saturated carbocycles. The van der Waals surface area contributed by atoms with E-state index in [1.165, 1.54) is 6.42 Å². The van der Waals surface area contributed by atoms with Crippen LogP contribution in [0.15, 0.2) is 12.1 Å². The summed E-state index contributed by atoms with van der Waals surface area (Å²) in [5.41, 5.74) is 7.27. The number of amides is 3. The molecule has 3 N–H and O–H groups in total. The lowest BCUT2D eigenvalue weighted by Crippen LogP contribution is -2.56. The van der Waals surface area contributed by atoms with Crippen LogP contribution >= 0.6 is 0 Å². The van der Waals surface area contributed by atoms with Gasteiger partial charge in [-0.1, -0.05) is 32.3 Å². The van der Waals surface area contributed by atoms with Crippen molar-refractivity contribution in [2.24, 2.45) is 11.7 Å². The number of hydrogen-bond acceptors (Lipinski definition) is 5. The molecule has 0 aromatic heterocycles. The lowest BCUT2D eigenvalue weighted by molar-refractivity contribution is -0.145. The number of nitrogens with two attached hydrogens (primary N) is 1. The Kier molecular flexibility index (Phi) is 9.40. The van der Waals surface area contributed by atoms with Crippen molar-refractivity contribution in [3.8, 4) is 11.5 Å². The van der Waals surface area contributed by atoms with Gasteiger partial charge in [-0.15, -0.1) is 0 Å². The second-order valence-electron chi connectivity index (χ2n) is 9.86. The van der Waals surface area contributed by atoms with Crippen molar-refractivity contribution >= 4 is 17.7 Å². The zero-order chi connectivity index (χ0) is 25.5. The molecular formula is C27H41N3O5. The molecule has 0 unspecified atom stereocenters. The van der Waals surface area contributed by atoms with Gasteiger partial charge in [0, 0.05) is 6.54 Å². The van der Waals surface area contributed by atoms with Gasteiger partial charge >= 0.3 is 0 Å². The minimum atomic E-state index is -0.732. The Morgan fingerprint density at radius 2 is 1.74 bits per heavy atom. The summed E-state index contributed by atoms with van der Waals surface area (Å²) in [6.07, 6.45) is 8.05. The molecule has 35 heavy (non-hydrogen) atoms. The monoisotopic (exact) mass is 487 g/mol. The summed E-state index contributed by atoms with van der Waals surface area (Å²) < 4.78 is 11.1. The summed E-state index contributed by atoms with van der Waals surface area (Å²) in [5, 5.41) is 2.78. The van der Waals surface area contributed by atoms with E-state index in [9.17, 15) is 14.4 Å². The van der Waals surface area contributed by atoms with E-state index in [1.807, 2.05) is 19.1 Å². The third-order valence-corrected chi connectivity index (χ3v) is 7.59. The standard InChI is InChI=1S/C27H41N3O5/c1-5-20(25(28)31)29-26(32)21-13-9-10-14-30(21)27(33)23(18-11-7-6-8-12-18)19-15-17(2)24(35-4)22(16-19)34-3/h15-16,18,20-21,23H,5-14H2,1-4H3,(H2,28,31)(H,29,32)/t20-,21+,23+/m1/s1. The Balaban J connectivity index is 1.96. The van der Waals surface area contributed by atoms with Crippen LogP contribution in [0.1, 0.15) is 81.8 Å². The number of primary amides is 1. The van der Waals surface area contributed by atoms with E-state index >= 15 is 0 Å². The zero-order valence-electron chi connectivity index (χ0n) is 21.6. The largest absolute Gasteiger partial charge is 0.493 e. The van der Waals surface area contributed by atoms with Gasteiger partial charge in [-0.05, 0) is 68.6 Å². The third-order valence-electron chi connectivity index (χ3n) is 7.59. The number of ether oxygens (including phenoxy) is 2. The summed E-state index contributed by atoms with van der Waals surface area (Å²) in [4.78, 5) is 40.9. The first-order valence-electron chi connectivity index (χ1n) is 12.9. The third kappa shape index (κ3) is 6.08. The summed E-state index contributed by atoms with van der Waals surface area (Å²) >= 11 is 0. The smallest absolute Gasteiger partial charge is 0.243 e. The predicted octanol–water partition coefficient (Wildman–Crippen LogP) is 3.44. The highest BCUT2D eigenvalue weighted by Gasteiger charge is 2.40. The molecule has 8 nitrogen and oxygen atoms in total. The zero-order valence-corrected chi connectivity index (χ0v) is 21.6. The van der Waals surface area contributed by atoms with Crippen molar-refractivity contribution in [3.63, 3.8) is 0 Å². The maximum atomic E-state index is 14.2. The Labute approximate surface area is 208 Å². The highest BCUT2D eigenvalue weighted by atomic mass is 16.5. The molecule has 1 saturated heterocycles. The van der Waals surface area contributed by atoms with Gasteiger partial charge in [-0.3, -0.25) is 14.4 Å². The second kappa shape index (κ2) is 12.3. The van der Waals surface area contributed by atoms with Crippen molar-refractivity contribution in [1.82, 2.24) is 10.2 Å². The molecule has 0 spiro atoms. The van der Waals surface area contributed by atoms with Crippen LogP contribution in [-0.4, -0.2) is 55.5 Å². The van der Waals surface area contributed by atoms with Gasteiger partial charge in [0.25, 0.3) is 0 Å². The maximum Gasteiger partial charge on any atom is 0.243 e. The Morgan fingerprint density at radius 3 is 2.34 bits per heavy atom. The number of aryl methyl sites for hydroxylation is 1. The molecule has 0 radical (unpaired) electrons. The fraction of sp³-hybridized carbons (Fsp3) is 0.667. The van der Waals surface area contributed by atoms with Gasteiger partial charge in [0.1, 0.15) is 12.1 Å². The molecule has 2 fully saturated rings. The van der Waals surface area contributed by atoms with Crippen LogP contribution in [0.2, 0.25) is 0 Å². The maximum absolute atomic E-state index is 14.2. The lowest BCUT2D eigenvalue weighted by Gasteiger charge is -2.40. The van der Waals surface area contributed by atoms with E-state index in [4.69, 9.17) is 15.2 Å². The van der Waals surface area contributed by atoms with Gasteiger partial charge in [0.15, 0.2) is 11.5 Å². The average molecular weight is 488 g/mol. The predicted molar refractivity (Wildman–Crippen MR) is 134 cm³/mol. The number of nitrogens with one attached hydrogen (secondary N) is 1. The number of carbonyl (C=O) groups excluding carboxylic acids is 3. The Morgan fingerprint density at radius 1 is 1.06 bits per heavy atom. The van der Waals surface area contributed by atoms with E-state index in [0.29, 0.717) is 30.9 Å². The number of carbonyl (C=O) groups is 3. The molecule has 8 heteroatoms. The normalized spacial score (nSPS) is 20.6. The molecule has 2 aliphatic rings. The first-order chi connectivity index (χ1) is 16.8. The van der Waals surface area contributed by atoms with Crippen LogP contribution in [0, 0.1) is 12.8 Å². The van der Waals surface area contributed by atoms with E-state index in [1.54, 1.807) is 26.0 Å². The lowest BCUT2D eigenvalue weighted by atomic mass is 9.75. The number of methoxy groups -OCH3 is 2. The number of likely N-dealkylation sites (tertiary alicyclic amines) is 1. The van der Waals surface area contributed by atoms with Crippen molar-refractivity contribution in [2.75, 3.05) is 20.8 Å². The van der Waals surface area contributed by atoms with Crippen LogP contribution < -0.4 is 20.5 Å². The van der Waals surface area contributed by atoms with Gasteiger partial charge in [-0.25, -0.2) is 0 Å². The van der Waals surface area contributed by atoms with E-state index in [2.05, 4.69) is 5.32 Å². The summed E-state index contributed by atoms with van der Waals surface area (Å²) in [6.45, 7) is 4.29. The topological polar surface area (TPSA) is 111 Å². The minimum Gasteiger partial charge on any atom is -0.493 e. The van der Waals surface area contributed by atoms with Crippen LogP contribution in [0.5, 0.6) is 11.5 Å². The SMILES string of the molecule is CC[C@@H](NC(=O)[C@@H]1CCCCN1C(=O)[C@H](c1cc(C)c(OC)c(OC)c1)C1CCCCC1)C(N)=O. The van der Waals surface area contributed by atoms with Gasteiger partial charge in [0.05, 0.1) is 20.1 Å². The highest BCUT2D eigenvalue weighted by molar-refractivity contribution is 5.93. The van der Waals surface area contributed by atoms with E-state index in [-0.39, 0.29) is 23.7 Å². The number of benzene rings is 1. The molecule has 194 valence electrons. The molecule has 1 aromatic rings. The van der Waals surface area contributed by atoms with Gasteiger partial charge in [0.2, 0.25) is 17.7 Å². The van der Waals surface area contributed by atoms with Crippen LogP contribution in [0.4, 0.5) is 0 Å². The van der Waals surface area contributed by atoms with Crippen LogP contribution in [-0.2, 0) is 14.4 Å². The van der Waals surface area contributed by atoms with Crippen LogP contribution in [0.3, 0.4) is 0 Å². The Bertz CT molecular complexity index is 912. The summed E-state index contributed by atoms with van der Waals surface area (Å²) in [7, 11) is 3.22. The molecule has 3 rings (SSSR count). The fourth-order valence-corrected chi connectivity index (χ4v) is 5.73. The number of nitrogens with zero attached hydrogens (tertiary/aromatic N) is 1. The molecule has 0 bridgehead atoms. The summed E-state index contributed by atoms with van der Waals surface area (Å²) in [5.74, 6) is 0.240.